The molecule has 8 rings (SSSR count). The van der Waals surface area contributed by atoms with Crippen LogP contribution in [0.5, 0.6) is 5.75 Å². The van der Waals surface area contributed by atoms with Gasteiger partial charge in [0.05, 0.1) is 48.0 Å². The maximum atomic E-state index is 10.6. The van der Waals surface area contributed by atoms with E-state index in [-0.39, 0.29) is 0 Å². The van der Waals surface area contributed by atoms with Gasteiger partial charge in [-0.2, -0.15) is 0 Å². The first-order valence-electron chi connectivity index (χ1n) is 15.6. The Bertz CT molecular complexity index is 2440. The quantitative estimate of drug-likeness (QED) is 0.137. The summed E-state index contributed by atoms with van der Waals surface area (Å²) in [5.41, 5.74) is 7.77. The molecule has 0 saturated heterocycles. The van der Waals surface area contributed by atoms with Gasteiger partial charge in [-0.15, -0.1) is 0 Å². The van der Waals surface area contributed by atoms with E-state index < -0.39 is 0 Å². The number of methoxy groups -OCH3 is 1. The topological polar surface area (TPSA) is 137 Å². The van der Waals surface area contributed by atoms with Crippen LogP contribution < -0.4 is 15.4 Å². The third kappa shape index (κ3) is 7.61. The number of fused-ring (bicyclic) bond motifs is 2. The fourth-order valence-electron chi connectivity index (χ4n) is 5.22. The van der Waals surface area contributed by atoms with E-state index in [1.54, 1.807) is 31.9 Å². The zero-order valence-electron chi connectivity index (χ0n) is 27.0. The van der Waals surface area contributed by atoms with Gasteiger partial charge in [-0.3, -0.25) is 8.80 Å². The Kier molecular flexibility index (Phi) is 10.0. The predicted octanol–water partition coefficient (Wildman–Crippen LogP) is 8.34. The van der Waals surface area contributed by atoms with E-state index in [1.165, 1.54) is 0 Å². The monoisotopic (exact) mass is 802 g/mol. The number of imidazole rings is 2. The van der Waals surface area contributed by atoms with Gasteiger partial charge in [-0.05, 0) is 98.1 Å². The van der Waals surface area contributed by atoms with Crippen LogP contribution in [0.15, 0.2) is 131 Å². The van der Waals surface area contributed by atoms with Gasteiger partial charge < -0.3 is 20.2 Å². The largest absolute Gasteiger partial charge is 0.497 e. The van der Waals surface area contributed by atoms with Crippen molar-refractivity contribution in [2.45, 2.75) is 6.42 Å². The molecule has 51 heavy (non-hydrogen) atoms. The van der Waals surface area contributed by atoms with Crippen molar-refractivity contribution in [3.05, 3.63) is 137 Å². The summed E-state index contributed by atoms with van der Waals surface area (Å²) in [5, 5.41) is 6.42. The third-order valence-corrected chi connectivity index (χ3v) is 8.94. The molecule has 8 aromatic rings. The minimum absolute atomic E-state index is 0.417. The summed E-state index contributed by atoms with van der Waals surface area (Å²) < 4.78 is 10.9. The molecule has 0 saturated carbocycles. The molecule has 0 amide bonds. The predicted molar refractivity (Wildman–Crippen MR) is 204 cm³/mol. The summed E-state index contributed by atoms with van der Waals surface area (Å²) in [5.74, 6) is 1.74. The molecule has 6 aromatic heterocycles. The zero-order chi connectivity index (χ0) is 35.2. The van der Waals surface area contributed by atoms with Crippen molar-refractivity contribution < 1.29 is 9.53 Å². The van der Waals surface area contributed by atoms with Crippen molar-refractivity contribution in [1.29, 1.82) is 0 Å². The van der Waals surface area contributed by atoms with Crippen LogP contribution in [0.1, 0.15) is 5.56 Å². The number of pyridine rings is 2. The Morgan fingerprint density at radius 2 is 1.25 bits per heavy atom. The second kappa shape index (κ2) is 15.3. The molecular weight excluding hydrogens is 776 g/mol. The van der Waals surface area contributed by atoms with E-state index >= 15 is 0 Å². The molecule has 0 bridgehead atoms. The first-order valence-corrected chi connectivity index (χ1v) is 17.2. The van der Waals surface area contributed by atoms with Crippen LogP contribution in [0.4, 0.5) is 23.3 Å². The van der Waals surface area contributed by atoms with Crippen LogP contribution in [0.3, 0.4) is 0 Å². The molecule has 0 spiro atoms. The second-order valence-corrected chi connectivity index (χ2v) is 12.7. The zero-order valence-corrected chi connectivity index (χ0v) is 30.2. The highest BCUT2D eigenvalue weighted by atomic mass is 79.9. The summed E-state index contributed by atoms with van der Waals surface area (Å²) in [6.45, 7) is 0. The number of benzene rings is 2. The minimum atomic E-state index is 0.417. The smallest absolute Gasteiger partial charge is 0.227 e. The number of anilines is 4. The number of carbonyl (C=O) groups excluding carboxylic acids is 1. The molecule has 14 heteroatoms. The van der Waals surface area contributed by atoms with E-state index in [9.17, 15) is 4.79 Å². The number of carbonyl (C=O) groups is 1. The van der Waals surface area contributed by atoms with Crippen LogP contribution in [0, 0.1) is 0 Å². The molecule has 12 nitrogen and oxygen atoms in total. The number of aldehydes is 1. The Morgan fingerprint density at radius 1 is 0.706 bits per heavy atom. The molecule has 0 atom stereocenters. The van der Waals surface area contributed by atoms with Crippen LogP contribution in [0.25, 0.3) is 34.1 Å². The van der Waals surface area contributed by atoms with Gasteiger partial charge in [-0.25, -0.2) is 29.9 Å². The number of nitrogens with zero attached hydrogens (tertiary/aromatic N) is 8. The molecule has 0 unspecified atom stereocenters. The lowest BCUT2D eigenvalue weighted by molar-refractivity contribution is -0.107. The van der Waals surface area contributed by atoms with Gasteiger partial charge in [0.15, 0.2) is 0 Å². The van der Waals surface area contributed by atoms with Crippen molar-refractivity contribution in [1.82, 2.24) is 38.7 Å². The molecule has 0 aliphatic rings. The molecule has 0 aliphatic carbocycles. The van der Waals surface area contributed by atoms with Crippen LogP contribution >= 0.6 is 31.9 Å². The van der Waals surface area contributed by atoms with Crippen molar-refractivity contribution in [3.8, 4) is 28.5 Å². The van der Waals surface area contributed by atoms with E-state index in [2.05, 4.69) is 72.4 Å². The van der Waals surface area contributed by atoms with Crippen molar-refractivity contribution in [2.24, 2.45) is 0 Å². The fraction of sp³-hybridized carbons (Fsp3) is 0.0541. The molecule has 6 heterocycles. The van der Waals surface area contributed by atoms with Crippen molar-refractivity contribution in [2.75, 3.05) is 17.7 Å². The minimum Gasteiger partial charge on any atom is -0.497 e. The number of nitrogens with one attached hydrogen (secondary N) is 2. The van der Waals surface area contributed by atoms with Gasteiger partial charge in [0.1, 0.15) is 23.3 Å². The highest BCUT2D eigenvalue weighted by molar-refractivity contribution is 9.11. The van der Waals surface area contributed by atoms with E-state index in [0.717, 1.165) is 72.0 Å². The van der Waals surface area contributed by atoms with Crippen LogP contribution in [-0.4, -0.2) is 52.1 Å². The maximum Gasteiger partial charge on any atom is 0.227 e. The lowest BCUT2D eigenvalue weighted by Gasteiger charge is -2.12. The molecule has 0 aliphatic heterocycles. The van der Waals surface area contributed by atoms with Gasteiger partial charge >= 0.3 is 0 Å². The molecule has 2 aromatic carbocycles. The van der Waals surface area contributed by atoms with Gasteiger partial charge in [0.25, 0.3) is 0 Å². The fourth-order valence-corrected chi connectivity index (χ4v) is 6.56. The maximum absolute atomic E-state index is 10.6. The lowest BCUT2D eigenvalue weighted by Crippen LogP contribution is -2.00. The SMILES string of the molecule is COc1cc(Br)c(Nc2nccc(-c3cnc4ccccn34)n2)c(Br)c1.O=CCc1ccc(Nc2nccc(-c3cnc4ccccn34)n2)cc1. The lowest BCUT2D eigenvalue weighted by atomic mass is 10.1. The normalized spacial score (nSPS) is 10.8. The molecule has 2 N–H and O–H groups in total. The molecule has 0 radical (unpaired) electrons. The van der Waals surface area contributed by atoms with Gasteiger partial charge in [0.2, 0.25) is 11.9 Å². The summed E-state index contributed by atoms with van der Waals surface area (Å²) in [4.78, 5) is 37.2. The highest BCUT2D eigenvalue weighted by Crippen LogP contribution is 2.36. The summed E-state index contributed by atoms with van der Waals surface area (Å²) >= 11 is 7.09. The summed E-state index contributed by atoms with van der Waals surface area (Å²) in [6, 6.07) is 26.8. The van der Waals surface area contributed by atoms with E-state index in [4.69, 9.17) is 4.74 Å². The average molecular weight is 805 g/mol. The van der Waals surface area contributed by atoms with Crippen LogP contribution in [0.2, 0.25) is 0 Å². The second-order valence-electron chi connectivity index (χ2n) is 11.0. The van der Waals surface area contributed by atoms with E-state index in [1.807, 2.05) is 106 Å². The molecule has 0 fully saturated rings. The van der Waals surface area contributed by atoms with Crippen LogP contribution in [-0.2, 0) is 11.2 Å². The number of rotatable bonds is 9. The number of ether oxygens (including phenoxy) is 1. The summed E-state index contributed by atoms with van der Waals surface area (Å²) in [7, 11) is 1.63. The highest BCUT2D eigenvalue weighted by Gasteiger charge is 2.13. The number of hydrogen-bond acceptors (Lipinski definition) is 10. The standard InChI is InChI=1S/C19H15N5O.C18H13Br2N5O/c25-12-9-14-4-6-15(7-5-14)22-19-20-10-8-16(23-19)17-13-21-18-3-1-2-11-24(17)18;1-26-11-8-12(19)17(13(20)9-11)24-18-21-6-5-14(23-18)15-10-22-16-4-2-3-7-25(15)16/h1-8,10-13H,9H2,(H,20,22,23);2-10H,1H3,(H,21,23,24). The Labute approximate surface area is 308 Å². The van der Waals surface area contributed by atoms with Gasteiger partial charge in [0, 0.05) is 45.8 Å². The third-order valence-electron chi connectivity index (χ3n) is 7.69. The number of halogens is 2. The molecular formula is C37H28Br2N10O2. The Morgan fingerprint density at radius 3 is 1.78 bits per heavy atom. The Balaban J connectivity index is 0.000000159. The average Bonchev–Trinajstić information content (AvgIpc) is 3.80. The number of hydrogen-bond donors (Lipinski definition) is 2. The first kappa shape index (κ1) is 33.5. The Hall–Kier alpha value is -5.99. The first-order chi connectivity index (χ1) is 25.0. The molecule has 252 valence electrons. The summed E-state index contributed by atoms with van der Waals surface area (Å²) in [6.07, 6.45) is 12.3. The van der Waals surface area contributed by atoms with Crippen molar-refractivity contribution >= 4 is 72.7 Å². The van der Waals surface area contributed by atoms with Crippen molar-refractivity contribution in [3.63, 3.8) is 0 Å². The van der Waals surface area contributed by atoms with Gasteiger partial charge in [-0.1, -0.05) is 24.3 Å². The number of aromatic nitrogens is 8. The van der Waals surface area contributed by atoms with E-state index in [0.29, 0.717) is 18.3 Å².